The lowest BCUT2D eigenvalue weighted by molar-refractivity contribution is -0.137. The normalized spacial score (nSPS) is 10.9. The molecule has 0 saturated heterocycles. The van der Waals surface area contributed by atoms with Crippen LogP contribution in [0.4, 0.5) is 0 Å². The van der Waals surface area contributed by atoms with E-state index in [2.05, 4.69) is 10.1 Å². The maximum Gasteiger partial charge on any atom is 0.354 e. The third-order valence-corrected chi connectivity index (χ3v) is 1.96. The van der Waals surface area contributed by atoms with Crippen LogP contribution >= 0.6 is 0 Å². The highest BCUT2D eigenvalue weighted by atomic mass is 16.5. The number of aromatic hydroxyl groups is 1. The maximum atomic E-state index is 11.4. The molecule has 0 unspecified atom stereocenters. The Morgan fingerprint density at radius 1 is 1.32 bits per heavy atom. The van der Waals surface area contributed by atoms with Crippen LogP contribution in [0.2, 0.25) is 0 Å². The summed E-state index contributed by atoms with van der Waals surface area (Å²) in [6, 6.07) is 0. The molecular weight excluding hydrogens is 258 g/mol. The van der Waals surface area contributed by atoms with Gasteiger partial charge < -0.3 is 15.2 Å². The van der Waals surface area contributed by atoms with Gasteiger partial charge in [-0.1, -0.05) is 0 Å². The average Bonchev–Trinajstić information content (AvgIpc) is 2.30. The second kappa shape index (κ2) is 5.67. The molecule has 0 radical (unpaired) electrons. The molecule has 0 fully saturated rings. The summed E-state index contributed by atoms with van der Waals surface area (Å²) in [6.07, 6.45) is 0.886. The summed E-state index contributed by atoms with van der Waals surface area (Å²) in [5.41, 5.74) is -2.58. The van der Waals surface area contributed by atoms with Gasteiger partial charge in [0.1, 0.15) is 11.3 Å². The van der Waals surface area contributed by atoms with Crippen LogP contribution < -0.4 is 16.6 Å². The van der Waals surface area contributed by atoms with Gasteiger partial charge in [0.2, 0.25) is 11.8 Å². The molecule has 0 aromatic carbocycles. The molecule has 1 rings (SSSR count). The van der Waals surface area contributed by atoms with Gasteiger partial charge >= 0.3 is 11.7 Å². The lowest BCUT2D eigenvalue weighted by atomic mass is 10.2. The third kappa shape index (κ3) is 3.56. The Hall–Kier alpha value is -2.84. The standard InChI is InChI=1S/C10H11N3O6/c1-4(14)11-6(9(17)19-2)3-5-7(15)12-10(18)13-8(5)16/h3H,1-2H3,(H,11,14)(H3,12,13,15,16,18)/b6-3+. The first kappa shape index (κ1) is 14.2. The van der Waals surface area contributed by atoms with Crippen molar-refractivity contribution in [3.05, 3.63) is 32.1 Å². The van der Waals surface area contributed by atoms with Gasteiger partial charge in [-0.05, 0) is 6.08 Å². The van der Waals surface area contributed by atoms with E-state index in [-0.39, 0.29) is 5.70 Å². The Morgan fingerprint density at radius 2 is 1.95 bits per heavy atom. The largest absolute Gasteiger partial charge is 0.494 e. The zero-order chi connectivity index (χ0) is 14.6. The zero-order valence-corrected chi connectivity index (χ0v) is 10.1. The molecule has 0 saturated carbocycles. The number of H-pyrrole nitrogens is 2. The first-order valence-electron chi connectivity index (χ1n) is 4.98. The van der Waals surface area contributed by atoms with Crippen LogP contribution in [0.3, 0.4) is 0 Å². The van der Waals surface area contributed by atoms with Crippen molar-refractivity contribution < 1.29 is 19.4 Å². The maximum absolute atomic E-state index is 11.4. The number of ether oxygens (including phenoxy) is 1. The summed E-state index contributed by atoms with van der Waals surface area (Å²) < 4.78 is 4.40. The number of carbonyl (C=O) groups is 2. The fourth-order valence-corrected chi connectivity index (χ4v) is 1.21. The topological polar surface area (TPSA) is 141 Å². The molecule has 0 aliphatic heterocycles. The van der Waals surface area contributed by atoms with Crippen LogP contribution in [-0.2, 0) is 14.3 Å². The Morgan fingerprint density at radius 3 is 2.42 bits per heavy atom. The Labute approximate surface area is 105 Å². The SMILES string of the molecule is COC(=O)/C(=C\c1c(O)[nH]c(=O)[nH]c1=O)NC(C)=O. The van der Waals surface area contributed by atoms with Crippen LogP contribution in [-0.4, -0.2) is 34.1 Å². The van der Waals surface area contributed by atoms with Crippen molar-refractivity contribution in [3.8, 4) is 5.88 Å². The first-order chi connectivity index (χ1) is 8.85. The van der Waals surface area contributed by atoms with E-state index in [9.17, 15) is 24.3 Å². The molecule has 19 heavy (non-hydrogen) atoms. The monoisotopic (exact) mass is 269 g/mol. The summed E-state index contributed by atoms with van der Waals surface area (Å²) in [4.78, 5) is 48.4. The van der Waals surface area contributed by atoms with E-state index in [0.29, 0.717) is 0 Å². The molecule has 4 N–H and O–H groups in total. The van der Waals surface area contributed by atoms with E-state index >= 15 is 0 Å². The first-order valence-corrected chi connectivity index (χ1v) is 4.98. The lowest BCUT2D eigenvalue weighted by Crippen LogP contribution is -2.28. The summed E-state index contributed by atoms with van der Waals surface area (Å²) >= 11 is 0. The van der Waals surface area contributed by atoms with Crippen molar-refractivity contribution in [1.29, 1.82) is 0 Å². The highest BCUT2D eigenvalue weighted by molar-refractivity contribution is 5.97. The molecule has 9 nitrogen and oxygen atoms in total. The van der Waals surface area contributed by atoms with E-state index < -0.39 is 34.6 Å². The Bertz CT molecular complexity index is 654. The minimum atomic E-state index is -0.923. The number of aromatic amines is 2. The number of amides is 1. The number of hydrogen-bond acceptors (Lipinski definition) is 6. The van der Waals surface area contributed by atoms with Gasteiger partial charge in [-0.15, -0.1) is 0 Å². The van der Waals surface area contributed by atoms with Crippen molar-refractivity contribution in [2.75, 3.05) is 7.11 Å². The molecule has 0 bridgehead atoms. The molecule has 9 heteroatoms. The summed E-state index contributed by atoms with van der Waals surface area (Å²) in [5, 5.41) is 11.6. The molecule has 102 valence electrons. The van der Waals surface area contributed by atoms with E-state index in [1.807, 2.05) is 9.97 Å². The van der Waals surface area contributed by atoms with Crippen LogP contribution in [0.1, 0.15) is 12.5 Å². The molecule has 1 heterocycles. The van der Waals surface area contributed by atoms with Gasteiger partial charge in [0.05, 0.1) is 7.11 Å². The number of carbonyl (C=O) groups excluding carboxylic acids is 2. The molecule has 0 atom stereocenters. The van der Waals surface area contributed by atoms with Gasteiger partial charge in [0.25, 0.3) is 5.56 Å². The molecule has 0 aliphatic carbocycles. The fraction of sp³-hybridized carbons (Fsp3) is 0.200. The van der Waals surface area contributed by atoms with E-state index in [4.69, 9.17) is 0 Å². The van der Waals surface area contributed by atoms with Gasteiger partial charge in [-0.3, -0.25) is 19.6 Å². The van der Waals surface area contributed by atoms with E-state index in [1.54, 1.807) is 0 Å². The quantitative estimate of drug-likeness (QED) is 0.385. The van der Waals surface area contributed by atoms with Crippen molar-refractivity contribution in [1.82, 2.24) is 15.3 Å². The molecule has 0 aliphatic rings. The van der Waals surface area contributed by atoms with Crippen molar-refractivity contribution in [2.24, 2.45) is 0 Å². The molecular formula is C10H11N3O6. The highest BCUT2D eigenvalue weighted by Gasteiger charge is 2.14. The smallest absolute Gasteiger partial charge is 0.354 e. The number of rotatable bonds is 3. The van der Waals surface area contributed by atoms with Gasteiger partial charge in [-0.25, -0.2) is 9.59 Å². The van der Waals surface area contributed by atoms with Crippen LogP contribution in [0, 0.1) is 0 Å². The van der Waals surface area contributed by atoms with Gasteiger partial charge in [0.15, 0.2) is 0 Å². The zero-order valence-electron chi connectivity index (χ0n) is 10.1. The number of hydrogen-bond donors (Lipinski definition) is 4. The second-order valence-electron chi connectivity index (χ2n) is 3.40. The van der Waals surface area contributed by atoms with E-state index in [1.165, 1.54) is 0 Å². The van der Waals surface area contributed by atoms with Crippen LogP contribution in [0.25, 0.3) is 6.08 Å². The van der Waals surface area contributed by atoms with Gasteiger partial charge in [-0.2, -0.15) is 0 Å². The summed E-state index contributed by atoms with van der Waals surface area (Å²) in [7, 11) is 1.08. The number of aromatic nitrogens is 2. The molecule has 1 amide bonds. The van der Waals surface area contributed by atoms with Crippen molar-refractivity contribution in [2.45, 2.75) is 6.92 Å². The van der Waals surface area contributed by atoms with Crippen molar-refractivity contribution in [3.63, 3.8) is 0 Å². The molecule has 0 spiro atoms. The third-order valence-electron chi connectivity index (χ3n) is 1.96. The average molecular weight is 269 g/mol. The van der Waals surface area contributed by atoms with Crippen LogP contribution in [0.5, 0.6) is 5.88 Å². The fourth-order valence-electron chi connectivity index (χ4n) is 1.21. The predicted octanol–water partition coefficient (Wildman–Crippen LogP) is -1.58. The number of nitrogens with one attached hydrogen (secondary N) is 3. The summed E-state index contributed by atoms with van der Waals surface area (Å²) in [5.74, 6) is -2.22. The lowest BCUT2D eigenvalue weighted by Gasteiger charge is -2.06. The number of esters is 1. The second-order valence-corrected chi connectivity index (χ2v) is 3.40. The minimum Gasteiger partial charge on any atom is -0.494 e. The van der Waals surface area contributed by atoms with Crippen LogP contribution in [0.15, 0.2) is 15.3 Å². The molecule has 1 aromatic heterocycles. The van der Waals surface area contributed by atoms with E-state index in [0.717, 1.165) is 20.1 Å². The predicted molar refractivity (Wildman–Crippen MR) is 63.2 cm³/mol. The molecule has 1 aromatic rings. The highest BCUT2D eigenvalue weighted by Crippen LogP contribution is 2.10. The minimum absolute atomic E-state index is 0.358. The summed E-state index contributed by atoms with van der Waals surface area (Å²) in [6.45, 7) is 1.15. The van der Waals surface area contributed by atoms with Gasteiger partial charge in [0, 0.05) is 6.92 Å². The number of methoxy groups -OCH3 is 1. The Balaban J connectivity index is 3.37. The Kier molecular flexibility index (Phi) is 4.24. The van der Waals surface area contributed by atoms with Crippen molar-refractivity contribution >= 4 is 18.0 Å².